The minimum atomic E-state index is -0.692. The van der Waals surface area contributed by atoms with Crippen LogP contribution in [0.3, 0.4) is 0 Å². The Balaban J connectivity index is 1.73. The van der Waals surface area contributed by atoms with E-state index in [0.29, 0.717) is 47.8 Å². The maximum atomic E-state index is 15.2. The van der Waals surface area contributed by atoms with E-state index in [4.69, 9.17) is 16.6 Å². The molecule has 1 saturated heterocycles. The van der Waals surface area contributed by atoms with E-state index in [2.05, 4.69) is 16.5 Å². The Bertz CT molecular complexity index is 1890. The van der Waals surface area contributed by atoms with E-state index < -0.39 is 5.82 Å². The summed E-state index contributed by atoms with van der Waals surface area (Å²) in [6, 6.07) is 7.26. The molecule has 1 amide bonds. The molecular weight excluding hydrogens is 583 g/mol. The van der Waals surface area contributed by atoms with Crippen molar-refractivity contribution in [2.75, 3.05) is 36.5 Å². The third-order valence-corrected chi connectivity index (χ3v) is 8.95. The van der Waals surface area contributed by atoms with Gasteiger partial charge in [0.2, 0.25) is 5.91 Å². The van der Waals surface area contributed by atoms with Crippen molar-refractivity contribution < 1.29 is 14.3 Å². The summed E-state index contributed by atoms with van der Waals surface area (Å²) in [5.41, 5.74) is 3.09. The van der Waals surface area contributed by atoms with Crippen molar-refractivity contribution in [3.05, 3.63) is 81.6 Å². The van der Waals surface area contributed by atoms with Crippen LogP contribution in [-0.2, 0) is 4.79 Å². The molecule has 1 N–H and O–H groups in total. The molecule has 2 atom stereocenters. The van der Waals surface area contributed by atoms with Crippen molar-refractivity contribution in [1.82, 2.24) is 19.4 Å². The molecule has 2 aliphatic rings. The Morgan fingerprint density at radius 2 is 1.93 bits per heavy atom. The fourth-order valence-electron chi connectivity index (χ4n) is 6.60. The molecule has 0 radical (unpaired) electrons. The van der Waals surface area contributed by atoms with Crippen LogP contribution >= 0.6 is 11.6 Å². The van der Waals surface area contributed by atoms with Crippen LogP contribution in [0.25, 0.3) is 28.0 Å². The molecule has 3 aromatic heterocycles. The summed E-state index contributed by atoms with van der Waals surface area (Å²) < 4.78 is 16.7. The molecule has 5 heterocycles. The van der Waals surface area contributed by atoms with E-state index in [1.807, 2.05) is 45.7 Å². The summed E-state index contributed by atoms with van der Waals surface area (Å²) in [5, 5.41) is 11.4. The molecule has 228 valence electrons. The monoisotopic (exact) mass is 616 g/mol. The summed E-state index contributed by atoms with van der Waals surface area (Å²) in [6.07, 6.45) is 3.04. The van der Waals surface area contributed by atoms with Crippen LogP contribution in [0.5, 0.6) is 5.75 Å². The number of likely N-dealkylation sites (N-methyl/N-ethyl adjacent to an activating group) is 1. The Labute approximate surface area is 259 Å². The average molecular weight is 617 g/mol. The number of anilines is 2. The molecule has 4 aromatic rings. The first kappa shape index (κ1) is 29.6. The number of rotatable bonds is 4. The number of aromatic nitrogens is 3. The molecule has 1 aromatic carbocycles. The van der Waals surface area contributed by atoms with Gasteiger partial charge in [0.05, 0.1) is 39.4 Å². The summed E-state index contributed by atoms with van der Waals surface area (Å²) in [7, 11) is 1.87. The van der Waals surface area contributed by atoms with E-state index in [9.17, 15) is 14.7 Å². The number of piperazine rings is 1. The third kappa shape index (κ3) is 4.51. The van der Waals surface area contributed by atoms with Gasteiger partial charge in [-0.3, -0.25) is 19.1 Å². The zero-order valence-electron chi connectivity index (χ0n) is 25.3. The third-order valence-electron chi connectivity index (χ3n) is 8.66. The first-order valence-corrected chi connectivity index (χ1v) is 15.0. The molecule has 0 spiro atoms. The van der Waals surface area contributed by atoms with Crippen molar-refractivity contribution in [2.24, 2.45) is 0 Å². The predicted octanol–water partition coefficient (Wildman–Crippen LogP) is 5.42. The number of phenols is 1. The van der Waals surface area contributed by atoms with Gasteiger partial charge in [-0.2, -0.15) is 0 Å². The molecule has 2 unspecified atom stereocenters. The Morgan fingerprint density at radius 3 is 2.61 bits per heavy atom. The highest BCUT2D eigenvalue weighted by atomic mass is 35.5. The van der Waals surface area contributed by atoms with Crippen LogP contribution < -0.4 is 15.4 Å². The summed E-state index contributed by atoms with van der Waals surface area (Å²) in [4.78, 5) is 42.9. The largest absolute Gasteiger partial charge is 0.507 e. The summed E-state index contributed by atoms with van der Waals surface area (Å²) >= 11 is 6.86. The number of carbonyl (C=O) groups is 1. The number of amides is 1. The highest BCUT2D eigenvalue weighted by Gasteiger charge is 2.41. The molecule has 1 fully saturated rings. The Morgan fingerprint density at radius 1 is 1.18 bits per heavy atom. The van der Waals surface area contributed by atoms with Crippen LogP contribution in [0.15, 0.2) is 54.0 Å². The number of nitrogens with zero attached hydrogens (tertiary/aromatic N) is 6. The number of hydrogen-bond acceptors (Lipinski definition) is 7. The first-order valence-electron chi connectivity index (χ1n) is 14.6. The number of carbonyl (C=O) groups excluding carboxylic acids is 1. The maximum absolute atomic E-state index is 15.2. The lowest BCUT2D eigenvalue weighted by Gasteiger charge is -2.51. The lowest BCUT2D eigenvalue weighted by Crippen LogP contribution is -2.64. The van der Waals surface area contributed by atoms with Gasteiger partial charge in [-0.25, -0.2) is 9.37 Å². The Hall–Kier alpha value is -4.44. The molecule has 11 heteroatoms. The fraction of sp³-hybridized carbons (Fsp3) is 0.333. The van der Waals surface area contributed by atoms with Crippen LogP contribution in [-0.4, -0.2) is 69.2 Å². The topological polar surface area (TPSA) is 94.8 Å². The van der Waals surface area contributed by atoms with Crippen molar-refractivity contribution in [3.8, 4) is 22.7 Å². The SMILES string of the molecule is C=CC(=O)N1CC2CN(C)c3c(c4cc(Cl)c(-c5c(O)cccc5F)nc4n(-c4c(C)ccnc4C(C)C)c3=O)N2CC1C. The second kappa shape index (κ2) is 10.9. The van der Waals surface area contributed by atoms with Gasteiger partial charge in [-0.15, -0.1) is 0 Å². The zero-order chi connectivity index (χ0) is 31.6. The first-order chi connectivity index (χ1) is 20.9. The average Bonchev–Trinajstić information content (AvgIpc) is 2.97. The minimum Gasteiger partial charge on any atom is -0.507 e. The second-order valence-electron chi connectivity index (χ2n) is 11.9. The molecule has 9 nitrogen and oxygen atoms in total. The standard InChI is InChI=1S/C33H34ClFN6O3/c1-7-25(43)39-16-20-15-38(6)31-30(40(20)14-19(39)5)21-13-22(34)28(26-23(35)9-8-10-24(26)42)37-32(21)41(33(31)44)29-18(4)11-12-36-27(29)17(2)3/h7-13,17,19-20,42H,1,14-16H2,2-6H3. The predicted molar refractivity (Wildman–Crippen MR) is 172 cm³/mol. The van der Waals surface area contributed by atoms with Crippen LogP contribution in [0.1, 0.15) is 37.9 Å². The van der Waals surface area contributed by atoms with Crippen LogP contribution in [0.4, 0.5) is 15.8 Å². The smallest absolute Gasteiger partial charge is 0.282 e. The number of fused-ring (bicyclic) bond motifs is 5. The maximum Gasteiger partial charge on any atom is 0.282 e. The number of phenolic OH excluding ortho intramolecular Hbond substituents is 1. The number of hydrogen-bond donors (Lipinski definition) is 1. The normalized spacial score (nSPS) is 18.0. The van der Waals surface area contributed by atoms with E-state index in [0.717, 1.165) is 5.56 Å². The van der Waals surface area contributed by atoms with Gasteiger partial charge < -0.3 is 19.8 Å². The number of benzene rings is 1. The number of aromatic hydroxyl groups is 1. The number of halogens is 2. The molecule has 0 bridgehead atoms. The van der Waals surface area contributed by atoms with Crippen molar-refractivity contribution >= 4 is 39.9 Å². The van der Waals surface area contributed by atoms with Crippen LogP contribution in [0, 0.1) is 12.7 Å². The van der Waals surface area contributed by atoms with Gasteiger partial charge in [-0.1, -0.05) is 38.1 Å². The molecule has 0 aliphatic carbocycles. The van der Waals surface area contributed by atoms with E-state index in [1.54, 1.807) is 21.7 Å². The lowest BCUT2D eigenvalue weighted by atomic mass is 9.98. The molecule has 44 heavy (non-hydrogen) atoms. The molecule has 2 aliphatic heterocycles. The second-order valence-corrected chi connectivity index (χ2v) is 12.3. The fourth-order valence-corrected chi connectivity index (χ4v) is 6.85. The van der Waals surface area contributed by atoms with E-state index in [1.165, 1.54) is 24.3 Å². The van der Waals surface area contributed by atoms with Gasteiger partial charge in [0.15, 0.2) is 5.65 Å². The minimum absolute atomic E-state index is 0.0194. The summed E-state index contributed by atoms with van der Waals surface area (Å²) in [5.74, 6) is -1.17. The molecular formula is C33H34ClFN6O3. The van der Waals surface area contributed by atoms with Gasteiger partial charge in [0, 0.05) is 44.3 Å². The zero-order valence-corrected chi connectivity index (χ0v) is 26.1. The highest BCUT2D eigenvalue weighted by molar-refractivity contribution is 6.34. The van der Waals surface area contributed by atoms with Crippen LogP contribution in [0.2, 0.25) is 5.02 Å². The van der Waals surface area contributed by atoms with Crippen molar-refractivity contribution in [2.45, 2.75) is 45.7 Å². The summed E-state index contributed by atoms with van der Waals surface area (Å²) in [6.45, 7) is 13.0. The van der Waals surface area contributed by atoms with Crippen molar-refractivity contribution in [1.29, 1.82) is 0 Å². The van der Waals surface area contributed by atoms with Crippen molar-refractivity contribution in [3.63, 3.8) is 0 Å². The van der Waals surface area contributed by atoms with E-state index in [-0.39, 0.29) is 57.1 Å². The molecule has 6 rings (SSSR count). The number of pyridine rings is 3. The number of aryl methyl sites for hydroxylation is 1. The molecule has 0 saturated carbocycles. The quantitative estimate of drug-likeness (QED) is 0.306. The van der Waals surface area contributed by atoms with Gasteiger partial charge in [0.1, 0.15) is 17.3 Å². The van der Waals surface area contributed by atoms with Gasteiger partial charge in [0.25, 0.3) is 5.56 Å². The highest BCUT2D eigenvalue weighted by Crippen LogP contribution is 2.44. The van der Waals surface area contributed by atoms with E-state index >= 15 is 4.39 Å². The lowest BCUT2D eigenvalue weighted by molar-refractivity contribution is -0.128. The van der Waals surface area contributed by atoms with Gasteiger partial charge in [-0.05, 0) is 55.7 Å². The van der Waals surface area contributed by atoms with Gasteiger partial charge >= 0.3 is 0 Å². The Kier molecular flexibility index (Phi) is 7.36.